The van der Waals surface area contributed by atoms with Crippen molar-refractivity contribution in [1.82, 2.24) is 5.32 Å². The van der Waals surface area contributed by atoms with Gasteiger partial charge < -0.3 is 15.4 Å². The molecule has 0 aliphatic carbocycles. The Morgan fingerprint density at radius 1 is 1.00 bits per heavy atom. The minimum atomic E-state index is -0.580. The first-order valence-corrected chi connectivity index (χ1v) is 7.13. The number of rotatable bonds is 6. The second-order valence-electron chi connectivity index (χ2n) is 4.79. The third-order valence-corrected chi connectivity index (χ3v) is 2.96. The number of carbonyl (C=O) groups excluding carboxylic acids is 2. The molecule has 2 amide bonds. The standard InChI is InChI=1S/C17H17FN2O3/c18-14-6-8-15(9-7-14)20-16(21)10-11-19-17(22)23-12-13-4-2-1-3-5-13/h1-9H,10-12H2,(H,19,22)(H,20,21). The van der Waals surface area contributed by atoms with Crippen molar-refractivity contribution < 1.29 is 18.7 Å². The van der Waals surface area contributed by atoms with Crippen molar-refractivity contribution in [2.24, 2.45) is 0 Å². The number of alkyl carbamates (subject to hydrolysis) is 1. The third-order valence-electron chi connectivity index (χ3n) is 2.96. The molecule has 0 aliphatic rings. The third kappa shape index (κ3) is 6.17. The van der Waals surface area contributed by atoms with Gasteiger partial charge in [-0.15, -0.1) is 0 Å². The largest absolute Gasteiger partial charge is 0.445 e. The quantitative estimate of drug-likeness (QED) is 0.860. The van der Waals surface area contributed by atoms with Crippen molar-refractivity contribution in [3.8, 4) is 0 Å². The van der Waals surface area contributed by atoms with Crippen LogP contribution in [0.15, 0.2) is 54.6 Å². The lowest BCUT2D eigenvalue weighted by Gasteiger charge is -2.08. The first-order chi connectivity index (χ1) is 11.1. The van der Waals surface area contributed by atoms with E-state index in [4.69, 9.17) is 4.74 Å². The minimum absolute atomic E-state index is 0.0951. The first kappa shape index (κ1) is 16.5. The lowest BCUT2D eigenvalue weighted by atomic mass is 10.2. The van der Waals surface area contributed by atoms with E-state index in [0.717, 1.165) is 5.56 Å². The highest BCUT2D eigenvalue weighted by Crippen LogP contribution is 2.08. The summed E-state index contributed by atoms with van der Waals surface area (Å²) in [6.45, 7) is 0.328. The fourth-order valence-corrected chi connectivity index (χ4v) is 1.81. The summed E-state index contributed by atoms with van der Waals surface area (Å²) in [7, 11) is 0. The van der Waals surface area contributed by atoms with Crippen LogP contribution in [0.4, 0.5) is 14.9 Å². The molecule has 0 aromatic heterocycles. The van der Waals surface area contributed by atoms with Crippen LogP contribution in [-0.2, 0) is 16.1 Å². The van der Waals surface area contributed by atoms with Gasteiger partial charge in [0.15, 0.2) is 0 Å². The lowest BCUT2D eigenvalue weighted by molar-refractivity contribution is -0.116. The lowest BCUT2D eigenvalue weighted by Crippen LogP contribution is -2.28. The Labute approximate surface area is 133 Å². The van der Waals surface area contributed by atoms with Gasteiger partial charge in [0.1, 0.15) is 12.4 Å². The average Bonchev–Trinajstić information content (AvgIpc) is 2.56. The highest BCUT2D eigenvalue weighted by Gasteiger charge is 2.06. The van der Waals surface area contributed by atoms with Crippen LogP contribution in [0.3, 0.4) is 0 Å². The average molecular weight is 316 g/mol. The molecule has 0 unspecified atom stereocenters. The predicted octanol–water partition coefficient (Wildman–Crippen LogP) is 3.08. The SMILES string of the molecule is O=C(CCNC(=O)OCc1ccccc1)Nc1ccc(F)cc1. The van der Waals surface area contributed by atoms with E-state index >= 15 is 0 Å². The number of hydrogen-bond acceptors (Lipinski definition) is 3. The van der Waals surface area contributed by atoms with Gasteiger partial charge in [0.2, 0.25) is 5.91 Å². The maximum atomic E-state index is 12.7. The second kappa shape index (κ2) is 8.53. The van der Waals surface area contributed by atoms with E-state index < -0.39 is 6.09 Å². The van der Waals surface area contributed by atoms with Gasteiger partial charge in [0, 0.05) is 18.7 Å². The van der Waals surface area contributed by atoms with Gasteiger partial charge in [-0.25, -0.2) is 9.18 Å². The number of nitrogens with one attached hydrogen (secondary N) is 2. The number of ether oxygens (including phenoxy) is 1. The molecule has 23 heavy (non-hydrogen) atoms. The normalized spacial score (nSPS) is 9.96. The fraction of sp³-hybridized carbons (Fsp3) is 0.176. The Bertz CT molecular complexity index is 645. The van der Waals surface area contributed by atoms with Crippen LogP contribution in [0.2, 0.25) is 0 Å². The topological polar surface area (TPSA) is 67.4 Å². The Morgan fingerprint density at radius 3 is 2.39 bits per heavy atom. The Hall–Kier alpha value is -2.89. The molecular weight excluding hydrogens is 299 g/mol. The van der Waals surface area contributed by atoms with Crippen LogP contribution in [0.25, 0.3) is 0 Å². The first-order valence-electron chi connectivity index (χ1n) is 7.13. The van der Waals surface area contributed by atoms with Crippen molar-refractivity contribution in [3.63, 3.8) is 0 Å². The van der Waals surface area contributed by atoms with Crippen LogP contribution >= 0.6 is 0 Å². The molecule has 5 nitrogen and oxygen atoms in total. The van der Waals surface area contributed by atoms with E-state index in [1.807, 2.05) is 30.3 Å². The highest BCUT2D eigenvalue weighted by molar-refractivity contribution is 5.90. The van der Waals surface area contributed by atoms with E-state index in [0.29, 0.717) is 5.69 Å². The Balaban J connectivity index is 1.63. The molecule has 0 spiro atoms. The number of halogens is 1. The van der Waals surface area contributed by atoms with Crippen molar-refractivity contribution in [2.45, 2.75) is 13.0 Å². The number of anilines is 1. The number of benzene rings is 2. The minimum Gasteiger partial charge on any atom is -0.445 e. The van der Waals surface area contributed by atoms with E-state index in [1.165, 1.54) is 24.3 Å². The van der Waals surface area contributed by atoms with E-state index in [1.54, 1.807) is 0 Å². The van der Waals surface area contributed by atoms with Gasteiger partial charge in [0.25, 0.3) is 0 Å². The summed E-state index contributed by atoms with van der Waals surface area (Å²) in [5, 5.41) is 5.10. The zero-order chi connectivity index (χ0) is 16.5. The molecule has 0 aliphatic heterocycles. The second-order valence-corrected chi connectivity index (χ2v) is 4.79. The van der Waals surface area contributed by atoms with Crippen molar-refractivity contribution in [1.29, 1.82) is 0 Å². The Kier molecular flexibility index (Phi) is 6.11. The molecule has 0 saturated heterocycles. The zero-order valence-electron chi connectivity index (χ0n) is 12.4. The van der Waals surface area contributed by atoms with Gasteiger partial charge in [-0.3, -0.25) is 4.79 Å². The number of hydrogen-bond donors (Lipinski definition) is 2. The van der Waals surface area contributed by atoms with Crippen LogP contribution in [0.5, 0.6) is 0 Å². The Morgan fingerprint density at radius 2 is 1.70 bits per heavy atom. The summed E-state index contributed by atoms with van der Waals surface area (Å²) in [5.41, 5.74) is 1.39. The molecule has 120 valence electrons. The van der Waals surface area contributed by atoms with Gasteiger partial charge in [-0.05, 0) is 29.8 Å². The van der Waals surface area contributed by atoms with Gasteiger partial charge >= 0.3 is 6.09 Å². The van der Waals surface area contributed by atoms with E-state index in [2.05, 4.69) is 10.6 Å². The molecule has 0 heterocycles. The molecule has 2 aromatic rings. The summed E-state index contributed by atoms with van der Waals surface area (Å²) in [5.74, 6) is -0.647. The molecular formula is C17H17FN2O3. The summed E-state index contributed by atoms with van der Waals surface area (Å²) in [4.78, 5) is 23.1. The van der Waals surface area contributed by atoms with Crippen LogP contribution in [0.1, 0.15) is 12.0 Å². The van der Waals surface area contributed by atoms with Crippen LogP contribution in [-0.4, -0.2) is 18.5 Å². The molecule has 2 N–H and O–H groups in total. The van der Waals surface area contributed by atoms with Crippen LogP contribution in [0, 0.1) is 5.82 Å². The van der Waals surface area contributed by atoms with Gasteiger partial charge in [-0.2, -0.15) is 0 Å². The van der Waals surface area contributed by atoms with Crippen LogP contribution < -0.4 is 10.6 Å². The maximum Gasteiger partial charge on any atom is 0.407 e. The molecule has 2 rings (SSSR count). The summed E-state index contributed by atoms with van der Waals surface area (Å²) in [6, 6.07) is 14.7. The molecule has 2 aromatic carbocycles. The summed E-state index contributed by atoms with van der Waals surface area (Å²) < 4.78 is 17.8. The fourth-order valence-electron chi connectivity index (χ4n) is 1.81. The number of carbonyl (C=O) groups is 2. The van der Waals surface area contributed by atoms with Crippen molar-refractivity contribution in [3.05, 3.63) is 66.0 Å². The van der Waals surface area contributed by atoms with Gasteiger partial charge in [0.05, 0.1) is 0 Å². The van der Waals surface area contributed by atoms with Crippen molar-refractivity contribution in [2.75, 3.05) is 11.9 Å². The monoisotopic (exact) mass is 316 g/mol. The highest BCUT2D eigenvalue weighted by atomic mass is 19.1. The smallest absolute Gasteiger partial charge is 0.407 e. The summed E-state index contributed by atoms with van der Waals surface area (Å²) in [6.07, 6.45) is -0.485. The van der Waals surface area contributed by atoms with E-state index in [9.17, 15) is 14.0 Å². The number of amides is 2. The summed E-state index contributed by atoms with van der Waals surface area (Å²) >= 11 is 0. The molecule has 0 saturated carbocycles. The molecule has 6 heteroatoms. The molecule has 0 bridgehead atoms. The van der Waals surface area contributed by atoms with E-state index in [-0.39, 0.29) is 31.3 Å². The molecule has 0 fully saturated rings. The maximum absolute atomic E-state index is 12.7. The molecule has 0 radical (unpaired) electrons. The molecule has 0 atom stereocenters. The zero-order valence-corrected chi connectivity index (χ0v) is 12.4. The predicted molar refractivity (Wildman–Crippen MR) is 84.3 cm³/mol. The van der Waals surface area contributed by atoms with Crippen molar-refractivity contribution >= 4 is 17.7 Å². The van der Waals surface area contributed by atoms with Gasteiger partial charge in [-0.1, -0.05) is 30.3 Å².